The van der Waals surface area contributed by atoms with Crippen LogP contribution in [0.3, 0.4) is 0 Å². The molecule has 1 aromatic rings. The van der Waals surface area contributed by atoms with Gasteiger partial charge >= 0.3 is 6.03 Å². The molecular weight excluding hydrogens is 522 g/mol. The van der Waals surface area contributed by atoms with Gasteiger partial charge in [-0.2, -0.15) is 0 Å². The van der Waals surface area contributed by atoms with Crippen molar-refractivity contribution >= 4 is 29.8 Å². The zero-order chi connectivity index (χ0) is 29.4. The summed E-state index contributed by atoms with van der Waals surface area (Å²) in [5.41, 5.74) is 11.2. The molecule has 4 aliphatic rings. The van der Waals surface area contributed by atoms with Crippen molar-refractivity contribution in [3.63, 3.8) is 0 Å². The van der Waals surface area contributed by atoms with Gasteiger partial charge in [-0.25, -0.2) is 14.8 Å². The van der Waals surface area contributed by atoms with E-state index in [9.17, 15) is 24.6 Å². The van der Waals surface area contributed by atoms with Gasteiger partial charge in [-0.3, -0.25) is 14.5 Å². The molecule has 0 radical (unpaired) electrons. The first-order valence-electron chi connectivity index (χ1n) is 12.8. The van der Waals surface area contributed by atoms with Gasteiger partial charge in [0.05, 0.1) is 25.3 Å². The third-order valence-corrected chi connectivity index (χ3v) is 7.98. The molecule has 0 saturated carbocycles. The second-order valence-corrected chi connectivity index (χ2v) is 11.5. The van der Waals surface area contributed by atoms with Crippen LogP contribution in [0, 0.1) is 0 Å². The number of guanidine groups is 2. The molecule has 2 fully saturated rings. The highest BCUT2D eigenvalue weighted by atomic mass is 16.5. The van der Waals surface area contributed by atoms with Gasteiger partial charge in [0.15, 0.2) is 17.6 Å². The van der Waals surface area contributed by atoms with Crippen LogP contribution in [0.15, 0.2) is 28.2 Å². The summed E-state index contributed by atoms with van der Waals surface area (Å²) in [6, 6.07) is 1.38. The number of aliphatic imine (C=N–C) groups is 2. The molecule has 3 unspecified atom stereocenters. The fourth-order valence-electron chi connectivity index (χ4n) is 6.03. The fourth-order valence-corrected chi connectivity index (χ4v) is 6.03. The van der Waals surface area contributed by atoms with Crippen LogP contribution >= 0.6 is 0 Å². The number of aliphatic hydroxyl groups is 2. The second-order valence-electron chi connectivity index (χ2n) is 11.5. The van der Waals surface area contributed by atoms with Crippen molar-refractivity contribution in [1.29, 1.82) is 0 Å². The molecule has 15 heteroatoms. The van der Waals surface area contributed by atoms with E-state index < -0.39 is 47.4 Å². The number of para-hydroxylation sites is 1. The zero-order valence-corrected chi connectivity index (χ0v) is 23.0. The Morgan fingerprint density at radius 2 is 1.95 bits per heavy atom. The lowest BCUT2D eigenvalue weighted by molar-refractivity contribution is -0.230. The summed E-state index contributed by atoms with van der Waals surface area (Å²) in [6.07, 6.45) is 0. The average Bonchev–Trinajstić information content (AvgIpc) is 3.43. The third-order valence-electron chi connectivity index (χ3n) is 7.98. The van der Waals surface area contributed by atoms with Gasteiger partial charge in [0.2, 0.25) is 11.7 Å². The summed E-state index contributed by atoms with van der Waals surface area (Å²) in [5.74, 6) is -3.53. The van der Waals surface area contributed by atoms with Crippen molar-refractivity contribution in [2.45, 2.75) is 55.8 Å². The number of ether oxygens (including phenoxy) is 1. The van der Waals surface area contributed by atoms with Gasteiger partial charge in [-0.15, -0.1) is 0 Å². The number of likely N-dealkylation sites (N-methyl/N-ethyl adjacent to an activating group) is 1. The van der Waals surface area contributed by atoms with Crippen LogP contribution in [-0.2, 0) is 10.2 Å². The van der Waals surface area contributed by atoms with Crippen LogP contribution in [0.5, 0.6) is 5.75 Å². The van der Waals surface area contributed by atoms with E-state index in [1.54, 1.807) is 12.1 Å². The summed E-state index contributed by atoms with van der Waals surface area (Å²) in [6.45, 7) is 5.52. The monoisotopic (exact) mass is 557 g/mol. The van der Waals surface area contributed by atoms with Crippen molar-refractivity contribution in [2.24, 2.45) is 21.5 Å². The standard InChI is InChI=1S/C25H35N9O6/c1-23(2,3)13-8-6-7-12(17(13)40-5)19(36)29-15-10-34-21(27)28-14(9-33-16(35)11-32(4)22(33)37)18-24(34,25(15,38)39)31-20(26)30-18/h6-8,14-15,18,38-39H,9-11H2,1-5H3,(H2,27,28)(H,29,36)(H3,26,30,31)/t14-,15?,18?,24?/m0/s1. The van der Waals surface area contributed by atoms with Crippen LogP contribution in [0.4, 0.5) is 4.79 Å². The molecule has 1 aromatic carbocycles. The van der Waals surface area contributed by atoms with Crippen molar-refractivity contribution < 1.29 is 29.3 Å². The minimum Gasteiger partial charge on any atom is -0.496 e. The van der Waals surface area contributed by atoms with Gasteiger partial charge in [0.25, 0.3) is 5.91 Å². The van der Waals surface area contributed by atoms with Crippen LogP contribution in [0.25, 0.3) is 0 Å². The highest BCUT2D eigenvalue weighted by Crippen LogP contribution is 2.45. The molecule has 4 atom stereocenters. The average molecular weight is 558 g/mol. The number of carbonyl (C=O) groups excluding carboxylic acids is 3. The number of carbonyl (C=O) groups is 3. The predicted molar refractivity (Wildman–Crippen MR) is 143 cm³/mol. The van der Waals surface area contributed by atoms with Gasteiger partial charge in [-0.1, -0.05) is 32.9 Å². The minimum absolute atomic E-state index is 0.0890. The number of hydrogen-bond donors (Lipinski definition) is 6. The number of imide groups is 1. The van der Waals surface area contributed by atoms with E-state index in [-0.39, 0.29) is 42.5 Å². The number of nitrogens with zero attached hydrogens (tertiary/aromatic N) is 5. The number of urea groups is 1. The number of benzene rings is 1. The van der Waals surface area contributed by atoms with Gasteiger partial charge in [0.1, 0.15) is 24.4 Å². The fraction of sp³-hybridized carbons (Fsp3) is 0.560. The van der Waals surface area contributed by atoms with Crippen molar-refractivity contribution in [3.05, 3.63) is 29.3 Å². The Balaban J connectivity index is 1.47. The van der Waals surface area contributed by atoms with Crippen molar-refractivity contribution in [1.82, 2.24) is 25.3 Å². The number of nitrogens with two attached hydrogens (primary N) is 2. The lowest BCUT2D eigenvalue weighted by atomic mass is 9.84. The van der Waals surface area contributed by atoms with E-state index in [0.717, 1.165) is 10.5 Å². The van der Waals surface area contributed by atoms with E-state index in [1.165, 1.54) is 24.0 Å². The molecule has 4 heterocycles. The molecule has 8 N–H and O–H groups in total. The third kappa shape index (κ3) is 3.83. The molecule has 15 nitrogen and oxygen atoms in total. The maximum atomic E-state index is 13.5. The minimum atomic E-state index is -2.68. The number of methoxy groups -OCH3 is 1. The lowest BCUT2D eigenvalue weighted by Gasteiger charge is -2.49. The summed E-state index contributed by atoms with van der Waals surface area (Å²) < 4.78 is 5.59. The highest BCUT2D eigenvalue weighted by Gasteiger charge is 2.73. The molecule has 1 spiro atoms. The number of amides is 4. The van der Waals surface area contributed by atoms with Crippen LogP contribution in [-0.4, -0.2) is 118 Å². The normalized spacial score (nSPS) is 29.1. The molecular formula is C25H35N9O6. The van der Waals surface area contributed by atoms with E-state index in [1.807, 2.05) is 26.8 Å². The van der Waals surface area contributed by atoms with E-state index in [0.29, 0.717) is 5.75 Å². The Morgan fingerprint density at radius 3 is 2.55 bits per heavy atom. The molecule has 2 saturated heterocycles. The SMILES string of the molecule is COc1c(C(=O)NC2CN3C(N)=N[C@@H](CN4C(=O)CN(C)C4=O)C4N=C(N)NC43C2(O)O)cccc1C(C)(C)C. The summed E-state index contributed by atoms with van der Waals surface area (Å²) in [7, 11) is 2.97. The first-order valence-corrected chi connectivity index (χ1v) is 12.8. The maximum absolute atomic E-state index is 13.5. The molecule has 5 rings (SSSR count). The first kappa shape index (κ1) is 27.5. The smallest absolute Gasteiger partial charge is 0.327 e. The van der Waals surface area contributed by atoms with Gasteiger partial charge < -0.3 is 46.9 Å². The van der Waals surface area contributed by atoms with E-state index in [2.05, 4.69) is 20.6 Å². The predicted octanol–water partition coefficient (Wildman–Crippen LogP) is -2.34. The molecule has 0 aromatic heterocycles. The van der Waals surface area contributed by atoms with Gasteiger partial charge in [-0.05, 0) is 11.5 Å². The molecule has 4 aliphatic heterocycles. The Labute approximate surface area is 230 Å². The Bertz CT molecular complexity index is 1340. The van der Waals surface area contributed by atoms with Crippen molar-refractivity contribution in [2.75, 3.05) is 33.8 Å². The van der Waals surface area contributed by atoms with Gasteiger partial charge in [0, 0.05) is 19.2 Å². The topological polar surface area (TPSA) is 211 Å². The Hall–Kier alpha value is -4.11. The number of hydrogen-bond acceptors (Lipinski definition) is 12. The van der Waals surface area contributed by atoms with E-state index in [4.69, 9.17) is 16.2 Å². The van der Waals surface area contributed by atoms with Crippen LogP contribution in [0.2, 0.25) is 0 Å². The molecule has 40 heavy (non-hydrogen) atoms. The molecule has 0 aliphatic carbocycles. The molecule has 0 bridgehead atoms. The zero-order valence-electron chi connectivity index (χ0n) is 23.0. The summed E-state index contributed by atoms with van der Waals surface area (Å²) >= 11 is 0. The Kier molecular flexibility index (Phi) is 6.15. The van der Waals surface area contributed by atoms with E-state index >= 15 is 0 Å². The van der Waals surface area contributed by atoms with Crippen LogP contribution < -0.4 is 26.8 Å². The summed E-state index contributed by atoms with van der Waals surface area (Å²) in [4.78, 5) is 51.0. The highest BCUT2D eigenvalue weighted by molar-refractivity contribution is 6.02. The lowest BCUT2D eigenvalue weighted by Crippen LogP contribution is -2.78. The number of nitrogens with one attached hydrogen (secondary N) is 2. The second kappa shape index (κ2) is 8.96. The molecule has 4 amide bonds. The Morgan fingerprint density at radius 1 is 1.25 bits per heavy atom. The largest absolute Gasteiger partial charge is 0.496 e. The van der Waals surface area contributed by atoms with Crippen molar-refractivity contribution in [3.8, 4) is 5.75 Å². The summed E-state index contributed by atoms with van der Waals surface area (Å²) in [5, 5.41) is 28.9. The molecule has 216 valence electrons. The quantitative estimate of drug-likeness (QED) is 0.168. The first-order chi connectivity index (χ1) is 18.6. The van der Waals surface area contributed by atoms with Crippen LogP contribution in [0.1, 0.15) is 36.7 Å². The number of rotatable bonds is 5. The maximum Gasteiger partial charge on any atom is 0.327 e.